The molecule has 2 nitrogen and oxygen atoms in total. The fourth-order valence-corrected chi connectivity index (χ4v) is 1.98. The van der Waals surface area contributed by atoms with Crippen molar-refractivity contribution in [2.75, 3.05) is 7.11 Å². The van der Waals surface area contributed by atoms with E-state index in [0.29, 0.717) is 11.5 Å². The Bertz CT molecular complexity index is 321. The summed E-state index contributed by atoms with van der Waals surface area (Å²) in [4.78, 5) is 0. The van der Waals surface area contributed by atoms with E-state index in [-0.39, 0.29) is 0 Å². The highest BCUT2D eigenvalue weighted by Gasteiger charge is 2.02. The van der Waals surface area contributed by atoms with Crippen molar-refractivity contribution < 1.29 is 9.84 Å². The standard InChI is InChI=1S/C15H24O2/c1-3-4-5-6-7-8-9-13-10-11-14(17-2)12-15(13)16/h10-12,16H,3-9H2,1-2H3. The molecule has 0 aliphatic carbocycles. The van der Waals surface area contributed by atoms with Gasteiger partial charge in [0.05, 0.1) is 7.11 Å². The van der Waals surface area contributed by atoms with E-state index in [1.54, 1.807) is 13.2 Å². The predicted molar refractivity (Wildman–Crippen MR) is 71.7 cm³/mol. The van der Waals surface area contributed by atoms with Crippen molar-refractivity contribution in [3.05, 3.63) is 23.8 Å². The van der Waals surface area contributed by atoms with E-state index in [0.717, 1.165) is 18.4 Å². The number of benzene rings is 1. The first kappa shape index (κ1) is 13.9. The van der Waals surface area contributed by atoms with Gasteiger partial charge in [-0.3, -0.25) is 0 Å². The molecule has 0 bridgehead atoms. The number of aryl methyl sites for hydroxylation is 1. The van der Waals surface area contributed by atoms with E-state index < -0.39 is 0 Å². The third-order valence-corrected chi connectivity index (χ3v) is 3.09. The van der Waals surface area contributed by atoms with Crippen LogP contribution in [0.1, 0.15) is 51.0 Å². The molecule has 0 aromatic heterocycles. The lowest BCUT2D eigenvalue weighted by Gasteiger charge is -2.06. The molecular weight excluding hydrogens is 212 g/mol. The number of hydrogen-bond donors (Lipinski definition) is 1. The van der Waals surface area contributed by atoms with Gasteiger partial charge in [0.1, 0.15) is 11.5 Å². The highest BCUT2D eigenvalue weighted by Crippen LogP contribution is 2.24. The van der Waals surface area contributed by atoms with Crippen molar-refractivity contribution in [2.24, 2.45) is 0 Å². The van der Waals surface area contributed by atoms with Crippen LogP contribution in [-0.4, -0.2) is 12.2 Å². The maximum atomic E-state index is 9.78. The van der Waals surface area contributed by atoms with Crippen LogP contribution < -0.4 is 4.74 Å². The second-order valence-corrected chi connectivity index (χ2v) is 4.51. The molecule has 17 heavy (non-hydrogen) atoms. The van der Waals surface area contributed by atoms with E-state index in [2.05, 4.69) is 6.92 Å². The molecule has 0 spiro atoms. The summed E-state index contributed by atoms with van der Waals surface area (Å²) in [5.41, 5.74) is 1.03. The Morgan fingerprint density at radius 2 is 1.76 bits per heavy atom. The van der Waals surface area contributed by atoms with Gasteiger partial charge in [-0.25, -0.2) is 0 Å². The smallest absolute Gasteiger partial charge is 0.122 e. The number of phenols is 1. The van der Waals surface area contributed by atoms with Crippen LogP contribution in [0.25, 0.3) is 0 Å². The Balaban J connectivity index is 2.27. The van der Waals surface area contributed by atoms with Crippen molar-refractivity contribution in [1.82, 2.24) is 0 Å². The topological polar surface area (TPSA) is 29.5 Å². The first-order chi connectivity index (χ1) is 8.27. The summed E-state index contributed by atoms with van der Waals surface area (Å²) in [7, 11) is 1.61. The number of methoxy groups -OCH3 is 1. The SMILES string of the molecule is CCCCCCCCc1ccc(OC)cc1O. The van der Waals surface area contributed by atoms with E-state index in [4.69, 9.17) is 4.74 Å². The molecule has 0 aliphatic rings. The lowest BCUT2D eigenvalue weighted by atomic mass is 10.0. The summed E-state index contributed by atoms with van der Waals surface area (Å²) < 4.78 is 5.06. The van der Waals surface area contributed by atoms with Gasteiger partial charge in [-0.1, -0.05) is 45.1 Å². The van der Waals surface area contributed by atoms with Gasteiger partial charge < -0.3 is 9.84 Å². The minimum absolute atomic E-state index is 0.359. The molecule has 0 atom stereocenters. The van der Waals surface area contributed by atoms with Crippen LogP contribution in [0.15, 0.2) is 18.2 Å². The quantitative estimate of drug-likeness (QED) is 0.682. The third-order valence-electron chi connectivity index (χ3n) is 3.09. The first-order valence-corrected chi connectivity index (χ1v) is 6.63. The van der Waals surface area contributed by atoms with Crippen molar-refractivity contribution in [3.63, 3.8) is 0 Å². The Morgan fingerprint density at radius 1 is 1.06 bits per heavy atom. The van der Waals surface area contributed by atoms with Crippen LogP contribution in [0.2, 0.25) is 0 Å². The van der Waals surface area contributed by atoms with Crippen LogP contribution in [0.3, 0.4) is 0 Å². The number of hydrogen-bond acceptors (Lipinski definition) is 2. The minimum Gasteiger partial charge on any atom is -0.508 e. The van der Waals surface area contributed by atoms with E-state index in [1.807, 2.05) is 12.1 Å². The number of aromatic hydroxyl groups is 1. The second-order valence-electron chi connectivity index (χ2n) is 4.51. The van der Waals surface area contributed by atoms with Gasteiger partial charge >= 0.3 is 0 Å². The Labute approximate surface area is 105 Å². The zero-order valence-corrected chi connectivity index (χ0v) is 11.0. The summed E-state index contributed by atoms with van der Waals surface area (Å²) in [6.07, 6.45) is 8.65. The zero-order valence-electron chi connectivity index (χ0n) is 11.0. The lowest BCUT2D eigenvalue weighted by Crippen LogP contribution is -1.89. The van der Waals surface area contributed by atoms with Crippen LogP contribution >= 0.6 is 0 Å². The largest absolute Gasteiger partial charge is 0.508 e. The first-order valence-electron chi connectivity index (χ1n) is 6.63. The summed E-state index contributed by atoms with van der Waals surface area (Å²) in [5, 5.41) is 9.78. The molecule has 1 rings (SSSR count). The molecule has 0 aliphatic heterocycles. The van der Waals surface area contributed by atoms with Crippen LogP contribution in [0.5, 0.6) is 11.5 Å². The number of unbranched alkanes of at least 4 members (excludes halogenated alkanes) is 5. The number of ether oxygens (including phenoxy) is 1. The Kier molecular flexibility index (Phi) is 6.53. The van der Waals surface area contributed by atoms with Crippen LogP contribution in [-0.2, 0) is 6.42 Å². The Hall–Kier alpha value is -1.18. The summed E-state index contributed by atoms with van der Waals surface area (Å²) in [6, 6.07) is 5.55. The molecule has 0 unspecified atom stereocenters. The molecular formula is C15H24O2. The highest BCUT2D eigenvalue weighted by molar-refractivity contribution is 5.39. The molecule has 0 radical (unpaired) electrons. The van der Waals surface area contributed by atoms with Gasteiger partial charge in [0.25, 0.3) is 0 Å². The van der Waals surface area contributed by atoms with Crippen molar-refractivity contribution in [1.29, 1.82) is 0 Å². The summed E-state index contributed by atoms with van der Waals surface area (Å²) >= 11 is 0. The van der Waals surface area contributed by atoms with Gasteiger partial charge in [-0.05, 0) is 24.5 Å². The van der Waals surface area contributed by atoms with Gasteiger partial charge in [0, 0.05) is 6.07 Å². The monoisotopic (exact) mass is 236 g/mol. The molecule has 1 aromatic carbocycles. The van der Waals surface area contributed by atoms with Crippen LogP contribution in [0.4, 0.5) is 0 Å². The molecule has 0 saturated carbocycles. The maximum absolute atomic E-state index is 9.78. The molecule has 96 valence electrons. The van der Waals surface area contributed by atoms with Gasteiger partial charge in [0.15, 0.2) is 0 Å². The van der Waals surface area contributed by atoms with Gasteiger partial charge in [-0.15, -0.1) is 0 Å². The fraction of sp³-hybridized carbons (Fsp3) is 0.600. The van der Waals surface area contributed by atoms with E-state index >= 15 is 0 Å². The molecule has 0 amide bonds. The van der Waals surface area contributed by atoms with E-state index in [1.165, 1.54) is 32.1 Å². The maximum Gasteiger partial charge on any atom is 0.122 e. The molecule has 0 saturated heterocycles. The highest BCUT2D eigenvalue weighted by atomic mass is 16.5. The van der Waals surface area contributed by atoms with E-state index in [9.17, 15) is 5.11 Å². The molecule has 1 aromatic rings. The molecule has 1 N–H and O–H groups in total. The average molecular weight is 236 g/mol. The zero-order chi connectivity index (χ0) is 12.5. The average Bonchev–Trinajstić information content (AvgIpc) is 2.35. The molecule has 0 heterocycles. The van der Waals surface area contributed by atoms with Crippen molar-refractivity contribution in [3.8, 4) is 11.5 Å². The van der Waals surface area contributed by atoms with Crippen molar-refractivity contribution >= 4 is 0 Å². The number of rotatable bonds is 8. The lowest BCUT2D eigenvalue weighted by molar-refractivity contribution is 0.406. The fourth-order valence-electron chi connectivity index (χ4n) is 1.98. The van der Waals surface area contributed by atoms with Gasteiger partial charge in [0.2, 0.25) is 0 Å². The molecule has 0 fully saturated rings. The minimum atomic E-state index is 0.359. The molecule has 2 heteroatoms. The third kappa shape index (κ3) is 5.12. The number of phenolic OH excluding ortho intramolecular Hbond substituents is 1. The summed E-state index contributed by atoms with van der Waals surface area (Å²) in [6.45, 7) is 2.23. The normalized spacial score (nSPS) is 10.5. The van der Waals surface area contributed by atoms with Crippen molar-refractivity contribution in [2.45, 2.75) is 51.9 Å². The second kappa shape index (κ2) is 7.99. The van der Waals surface area contributed by atoms with Gasteiger partial charge in [-0.2, -0.15) is 0 Å². The predicted octanol–water partition coefficient (Wildman–Crippen LogP) is 4.30. The Morgan fingerprint density at radius 3 is 2.41 bits per heavy atom. The van der Waals surface area contributed by atoms with Crippen LogP contribution in [0, 0.1) is 0 Å². The summed E-state index contributed by atoms with van der Waals surface area (Å²) in [5.74, 6) is 1.08.